The molecule has 0 amide bonds. The Bertz CT molecular complexity index is 583. The monoisotopic (exact) mass is 331 g/mol. The van der Waals surface area contributed by atoms with Gasteiger partial charge >= 0.3 is 0 Å². The van der Waals surface area contributed by atoms with Gasteiger partial charge in [0.2, 0.25) is 10.0 Å². The summed E-state index contributed by atoms with van der Waals surface area (Å²) < 4.78 is 28.5. The van der Waals surface area contributed by atoms with Crippen LogP contribution in [0.25, 0.3) is 0 Å². The molecule has 1 aromatic rings. The average Bonchev–Trinajstić information content (AvgIpc) is 2.76. The third kappa shape index (κ3) is 4.04. The van der Waals surface area contributed by atoms with Crippen LogP contribution in [0.2, 0.25) is 0 Å². The highest BCUT2D eigenvalue weighted by Gasteiger charge is 2.29. The van der Waals surface area contributed by atoms with Crippen LogP contribution < -0.4 is 10.0 Å². The molecule has 1 aliphatic rings. The molecule has 2 unspecified atom stereocenters. The first-order chi connectivity index (χ1) is 9.83. The maximum Gasteiger partial charge on any atom is 0.250 e. The summed E-state index contributed by atoms with van der Waals surface area (Å²) in [5.41, 5.74) is 1.03. The Morgan fingerprint density at radius 1 is 1.48 bits per heavy atom. The highest BCUT2D eigenvalue weighted by Crippen LogP contribution is 2.27. The van der Waals surface area contributed by atoms with E-state index in [2.05, 4.69) is 28.9 Å². The number of likely N-dealkylation sites (tertiary alicyclic amines) is 1. The van der Waals surface area contributed by atoms with Gasteiger partial charge in [0.25, 0.3) is 0 Å². The molecule has 1 fully saturated rings. The van der Waals surface area contributed by atoms with E-state index in [1.165, 1.54) is 11.3 Å². The van der Waals surface area contributed by atoms with E-state index in [0.29, 0.717) is 16.7 Å². The fourth-order valence-corrected chi connectivity index (χ4v) is 5.74. The molecule has 1 aliphatic heterocycles. The molecule has 5 nitrogen and oxygen atoms in total. The van der Waals surface area contributed by atoms with Crippen LogP contribution in [0.4, 0.5) is 0 Å². The van der Waals surface area contributed by atoms with E-state index in [0.717, 1.165) is 30.0 Å². The maximum atomic E-state index is 12.6. The summed E-state index contributed by atoms with van der Waals surface area (Å²) >= 11 is 1.36. The first kappa shape index (κ1) is 16.9. The number of rotatable bonds is 5. The van der Waals surface area contributed by atoms with Gasteiger partial charge in [-0.15, -0.1) is 11.3 Å². The molecule has 7 heteroatoms. The first-order valence-electron chi connectivity index (χ1n) is 7.28. The minimum absolute atomic E-state index is 0.0290. The van der Waals surface area contributed by atoms with E-state index in [-0.39, 0.29) is 6.04 Å². The van der Waals surface area contributed by atoms with Crippen molar-refractivity contribution in [3.8, 4) is 0 Å². The molecular formula is C14H25N3O2S2. The lowest BCUT2D eigenvalue weighted by atomic mass is 9.95. The summed E-state index contributed by atoms with van der Waals surface area (Å²) in [5, 5.41) is 3.07. The second kappa shape index (κ2) is 6.75. The second-order valence-corrected chi connectivity index (χ2v) is 9.04. The molecule has 0 saturated carbocycles. The molecule has 21 heavy (non-hydrogen) atoms. The summed E-state index contributed by atoms with van der Waals surface area (Å²) in [6.45, 7) is 6.64. The molecule has 0 spiro atoms. The largest absolute Gasteiger partial charge is 0.315 e. The van der Waals surface area contributed by atoms with E-state index >= 15 is 0 Å². The third-order valence-corrected chi connectivity index (χ3v) is 7.22. The number of thiophene rings is 1. The second-order valence-electron chi connectivity index (χ2n) is 5.96. The van der Waals surface area contributed by atoms with Gasteiger partial charge in [0.1, 0.15) is 4.21 Å². The van der Waals surface area contributed by atoms with E-state index in [1.54, 1.807) is 6.07 Å². The van der Waals surface area contributed by atoms with E-state index in [9.17, 15) is 8.42 Å². The van der Waals surface area contributed by atoms with Crippen LogP contribution in [0, 0.1) is 12.8 Å². The van der Waals surface area contributed by atoms with Crippen molar-refractivity contribution >= 4 is 21.4 Å². The Hall–Kier alpha value is -0.470. The maximum absolute atomic E-state index is 12.6. The predicted octanol–water partition coefficient (Wildman–Crippen LogP) is 1.39. The molecule has 0 radical (unpaired) electrons. The quantitative estimate of drug-likeness (QED) is 0.856. The highest BCUT2D eigenvalue weighted by molar-refractivity contribution is 7.91. The number of hydrogen-bond donors (Lipinski definition) is 2. The fourth-order valence-electron chi connectivity index (χ4n) is 2.74. The average molecular weight is 332 g/mol. The highest BCUT2D eigenvalue weighted by atomic mass is 32.2. The Balaban J connectivity index is 2.13. The van der Waals surface area contributed by atoms with Crippen molar-refractivity contribution in [3.05, 3.63) is 16.5 Å². The first-order valence-corrected chi connectivity index (χ1v) is 9.58. The molecule has 0 aliphatic carbocycles. The van der Waals surface area contributed by atoms with Gasteiger partial charge < -0.3 is 10.2 Å². The van der Waals surface area contributed by atoms with E-state index < -0.39 is 10.0 Å². The Kier molecular flexibility index (Phi) is 5.43. The SMILES string of the molecule is CNCc1sc(S(=O)(=O)NC2CCN(C)CC2C)cc1C. The molecule has 0 bridgehead atoms. The zero-order valence-electron chi connectivity index (χ0n) is 13.1. The van der Waals surface area contributed by atoms with Crippen molar-refractivity contribution in [1.82, 2.24) is 14.9 Å². The zero-order chi connectivity index (χ0) is 15.6. The predicted molar refractivity (Wildman–Crippen MR) is 87.2 cm³/mol. The third-order valence-electron chi connectivity index (χ3n) is 4.02. The summed E-state index contributed by atoms with van der Waals surface area (Å²) in [6, 6.07) is 1.81. The number of sulfonamides is 1. The molecule has 2 N–H and O–H groups in total. The standard InChI is InChI=1S/C14H25N3O2S2/c1-10-7-14(20-13(10)8-15-3)21(18,19)16-12-5-6-17(4)9-11(12)2/h7,11-12,15-16H,5-6,8-9H2,1-4H3. The van der Waals surface area contributed by atoms with Crippen molar-refractivity contribution < 1.29 is 8.42 Å². The lowest BCUT2D eigenvalue weighted by Gasteiger charge is -2.34. The Morgan fingerprint density at radius 2 is 2.19 bits per heavy atom. The Morgan fingerprint density at radius 3 is 2.81 bits per heavy atom. The van der Waals surface area contributed by atoms with E-state index in [4.69, 9.17) is 0 Å². The van der Waals surface area contributed by atoms with Gasteiger partial charge in [-0.25, -0.2) is 13.1 Å². The van der Waals surface area contributed by atoms with Crippen molar-refractivity contribution in [1.29, 1.82) is 0 Å². The van der Waals surface area contributed by atoms with Gasteiger partial charge in [-0.2, -0.15) is 0 Å². The van der Waals surface area contributed by atoms with Gasteiger partial charge in [0.05, 0.1) is 0 Å². The van der Waals surface area contributed by atoms with E-state index in [1.807, 2.05) is 14.0 Å². The minimum Gasteiger partial charge on any atom is -0.315 e. The molecule has 0 aromatic carbocycles. The number of aryl methyl sites for hydroxylation is 1. The minimum atomic E-state index is -3.41. The number of nitrogens with zero attached hydrogens (tertiary/aromatic N) is 1. The van der Waals surface area contributed by atoms with Crippen LogP contribution in [0.15, 0.2) is 10.3 Å². The van der Waals surface area contributed by atoms with Crippen LogP contribution >= 0.6 is 11.3 Å². The van der Waals surface area contributed by atoms with Crippen LogP contribution in [-0.2, 0) is 16.6 Å². The lowest BCUT2D eigenvalue weighted by molar-refractivity contribution is 0.188. The molecular weight excluding hydrogens is 306 g/mol. The molecule has 2 heterocycles. The number of hydrogen-bond acceptors (Lipinski definition) is 5. The van der Waals surface area contributed by atoms with Gasteiger partial charge in [-0.3, -0.25) is 0 Å². The van der Waals surface area contributed by atoms with Gasteiger partial charge in [0.15, 0.2) is 0 Å². The molecule has 2 atom stereocenters. The molecule has 1 saturated heterocycles. The van der Waals surface area contributed by atoms with Gasteiger partial charge in [0, 0.05) is 24.0 Å². The summed E-state index contributed by atoms with van der Waals surface area (Å²) in [7, 11) is 0.536. The number of nitrogens with one attached hydrogen (secondary N) is 2. The van der Waals surface area contributed by atoms with Crippen molar-refractivity contribution in [3.63, 3.8) is 0 Å². The van der Waals surface area contributed by atoms with Gasteiger partial charge in [-0.1, -0.05) is 6.92 Å². The lowest BCUT2D eigenvalue weighted by Crippen LogP contribution is -2.48. The smallest absolute Gasteiger partial charge is 0.250 e. The fraction of sp³-hybridized carbons (Fsp3) is 0.714. The van der Waals surface area contributed by atoms with Crippen molar-refractivity contribution in [2.45, 2.75) is 37.1 Å². The molecule has 120 valence electrons. The van der Waals surface area contributed by atoms with Crippen molar-refractivity contribution in [2.75, 3.05) is 27.2 Å². The molecule has 2 rings (SSSR count). The van der Waals surface area contributed by atoms with Gasteiger partial charge in [-0.05, 0) is 51.5 Å². The molecule has 1 aromatic heterocycles. The summed E-state index contributed by atoms with van der Waals surface area (Å²) in [6.07, 6.45) is 0.866. The topological polar surface area (TPSA) is 61.4 Å². The van der Waals surface area contributed by atoms with Crippen molar-refractivity contribution in [2.24, 2.45) is 5.92 Å². The van der Waals surface area contributed by atoms with Crippen LogP contribution in [0.1, 0.15) is 23.8 Å². The van der Waals surface area contributed by atoms with Crippen LogP contribution in [0.5, 0.6) is 0 Å². The normalized spacial score (nSPS) is 24.4. The summed E-state index contributed by atoms with van der Waals surface area (Å²) in [4.78, 5) is 3.32. The van der Waals surface area contributed by atoms with Crippen LogP contribution in [0.3, 0.4) is 0 Å². The number of piperidine rings is 1. The van der Waals surface area contributed by atoms with Crippen LogP contribution in [-0.4, -0.2) is 46.5 Å². The Labute approximate surface area is 131 Å². The summed E-state index contributed by atoms with van der Waals surface area (Å²) in [5.74, 6) is 0.330. The zero-order valence-corrected chi connectivity index (χ0v) is 14.8.